The number of hydrogen-bond acceptors (Lipinski definition) is 9. The fourth-order valence-corrected chi connectivity index (χ4v) is 4.21. The van der Waals surface area contributed by atoms with Crippen molar-refractivity contribution in [3.05, 3.63) is 42.2 Å². The van der Waals surface area contributed by atoms with Crippen molar-refractivity contribution in [3.63, 3.8) is 0 Å². The highest BCUT2D eigenvalue weighted by atomic mass is 32.2. The average molecular weight is 507 g/mol. The lowest BCUT2D eigenvalue weighted by Crippen LogP contribution is -2.34. The number of benzene rings is 1. The lowest BCUT2D eigenvalue weighted by molar-refractivity contribution is -0.138. The van der Waals surface area contributed by atoms with Crippen molar-refractivity contribution in [1.82, 2.24) is 20.0 Å². The van der Waals surface area contributed by atoms with Gasteiger partial charge in [-0.1, -0.05) is 12.1 Å². The number of rotatable bonds is 9. The summed E-state index contributed by atoms with van der Waals surface area (Å²) in [6, 6.07) is 9.22. The summed E-state index contributed by atoms with van der Waals surface area (Å²) in [5.41, 5.74) is 1.25. The molecule has 0 saturated carbocycles. The van der Waals surface area contributed by atoms with E-state index < -0.39 is 10.0 Å². The second-order valence-electron chi connectivity index (χ2n) is 9.45. The van der Waals surface area contributed by atoms with Gasteiger partial charge in [0.05, 0.1) is 5.75 Å². The number of nitrogens with zero attached hydrogens (tertiary/aromatic N) is 3. The largest absolute Gasteiger partial charge is 0.462 e. The summed E-state index contributed by atoms with van der Waals surface area (Å²) in [6.45, 7) is 9.07. The SMILES string of the molecule is CC(C)(C)OC=O.CNS(=O)(=O)Cc1ccc(Nc2cc(N(C)CC3CCNCC3)ncn2)cc1. The van der Waals surface area contributed by atoms with Crippen LogP contribution in [0.15, 0.2) is 36.7 Å². The number of hydrogen-bond donors (Lipinski definition) is 3. The Morgan fingerprint density at radius 2 is 1.83 bits per heavy atom. The molecule has 11 heteroatoms. The Morgan fingerprint density at radius 1 is 1.17 bits per heavy atom. The molecule has 1 aromatic carbocycles. The zero-order valence-electron chi connectivity index (χ0n) is 21.2. The molecule has 194 valence electrons. The number of carbonyl (C=O) groups is 1. The molecule has 2 aromatic rings. The van der Waals surface area contributed by atoms with Crippen LogP contribution < -0.4 is 20.3 Å². The molecule has 0 unspecified atom stereocenters. The fraction of sp³-hybridized carbons (Fsp3) is 0.542. The Bertz CT molecular complexity index is 1020. The normalized spacial score (nSPS) is 14.4. The smallest absolute Gasteiger partial charge is 0.293 e. The van der Waals surface area contributed by atoms with E-state index in [-0.39, 0.29) is 11.4 Å². The van der Waals surface area contributed by atoms with E-state index in [1.165, 1.54) is 19.9 Å². The standard InChI is InChI=1S/C19H28N6O2S.C5H10O2/c1-20-28(26,27)13-16-3-5-17(6-4-16)24-18-11-19(23-14-22-18)25(2)12-15-7-9-21-10-8-15;1-5(2,3)7-4-6/h3-6,11,14-15,20-21H,7-10,12-13H2,1-2H3,(H,22,23,24);4H,1-3H3. The van der Waals surface area contributed by atoms with Crippen molar-refractivity contribution in [2.75, 3.05) is 43.9 Å². The van der Waals surface area contributed by atoms with Crippen molar-refractivity contribution < 1.29 is 17.9 Å². The minimum absolute atomic E-state index is 0.0388. The summed E-state index contributed by atoms with van der Waals surface area (Å²) in [7, 11) is 0.205. The second-order valence-corrected chi connectivity index (χ2v) is 11.4. The monoisotopic (exact) mass is 506 g/mol. The first-order valence-electron chi connectivity index (χ1n) is 11.6. The molecule has 0 atom stereocenters. The Hall–Kier alpha value is -2.76. The zero-order chi connectivity index (χ0) is 25.9. The van der Waals surface area contributed by atoms with Gasteiger partial charge in [-0.2, -0.15) is 0 Å². The summed E-state index contributed by atoms with van der Waals surface area (Å²) < 4.78 is 30.1. The van der Waals surface area contributed by atoms with Gasteiger partial charge >= 0.3 is 0 Å². The number of carbonyl (C=O) groups excluding carboxylic acids is 1. The lowest BCUT2D eigenvalue weighted by Gasteiger charge is -2.28. The maximum Gasteiger partial charge on any atom is 0.293 e. The van der Waals surface area contributed by atoms with Gasteiger partial charge in [-0.05, 0) is 77.4 Å². The highest BCUT2D eigenvalue weighted by molar-refractivity contribution is 7.88. The molecular formula is C24H38N6O4S. The number of anilines is 3. The topological polar surface area (TPSA) is 126 Å². The van der Waals surface area contributed by atoms with Gasteiger partial charge in [-0.25, -0.2) is 23.1 Å². The van der Waals surface area contributed by atoms with Crippen molar-refractivity contribution in [3.8, 4) is 0 Å². The Kier molecular flexibility index (Phi) is 10.9. The van der Waals surface area contributed by atoms with Crippen molar-refractivity contribution in [1.29, 1.82) is 0 Å². The van der Waals surface area contributed by atoms with Gasteiger partial charge in [0.15, 0.2) is 0 Å². The van der Waals surface area contributed by atoms with Crippen LogP contribution in [-0.2, 0) is 25.3 Å². The van der Waals surface area contributed by atoms with E-state index in [2.05, 4.69) is 42.0 Å². The molecule has 10 nitrogen and oxygen atoms in total. The van der Waals surface area contributed by atoms with Crippen LogP contribution in [-0.4, -0.2) is 64.2 Å². The number of aromatic nitrogens is 2. The molecule has 3 N–H and O–H groups in total. The molecule has 1 aliphatic rings. The summed E-state index contributed by atoms with van der Waals surface area (Å²) in [5.74, 6) is 2.23. The van der Waals surface area contributed by atoms with Crippen LogP contribution in [0.1, 0.15) is 39.2 Å². The van der Waals surface area contributed by atoms with Crippen molar-refractivity contribution >= 4 is 33.8 Å². The zero-order valence-corrected chi connectivity index (χ0v) is 22.1. The van der Waals surface area contributed by atoms with Gasteiger partial charge in [0.25, 0.3) is 6.47 Å². The van der Waals surface area contributed by atoms with Gasteiger partial charge in [0.1, 0.15) is 23.6 Å². The summed E-state index contributed by atoms with van der Waals surface area (Å²) in [4.78, 5) is 20.5. The molecule has 1 aliphatic heterocycles. The molecule has 0 spiro atoms. The van der Waals surface area contributed by atoms with Crippen LogP contribution in [0.2, 0.25) is 0 Å². The number of ether oxygens (including phenoxy) is 1. The first-order valence-corrected chi connectivity index (χ1v) is 13.3. The molecule has 0 amide bonds. The maximum absolute atomic E-state index is 11.6. The molecule has 1 aromatic heterocycles. The lowest BCUT2D eigenvalue weighted by atomic mass is 9.98. The third-order valence-corrected chi connectivity index (χ3v) is 6.67. The van der Waals surface area contributed by atoms with Gasteiger partial charge in [0, 0.05) is 25.3 Å². The third kappa shape index (κ3) is 11.0. The first-order chi connectivity index (χ1) is 16.5. The van der Waals surface area contributed by atoms with Gasteiger partial charge < -0.3 is 20.3 Å². The predicted molar refractivity (Wildman–Crippen MR) is 139 cm³/mol. The highest BCUT2D eigenvalue weighted by Crippen LogP contribution is 2.21. The molecule has 0 bridgehead atoms. The Balaban J connectivity index is 0.000000540. The quantitative estimate of drug-likeness (QED) is 0.440. The molecule has 2 heterocycles. The number of sulfonamides is 1. The average Bonchev–Trinajstić information content (AvgIpc) is 2.81. The molecule has 0 aliphatic carbocycles. The van der Waals surface area contributed by atoms with E-state index in [9.17, 15) is 13.2 Å². The second kappa shape index (κ2) is 13.4. The molecule has 0 radical (unpaired) electrons. The van der Waals surface area contributed by atoms with E-state index >= 15 is 0 Å². The van der Waals surface area contributed by atoms with E-state index in [0.717, 1.165) is 36.7 Å². The molecule has 1 saturated heterocycles. The van der Waals surface area contributed by atoms with E-state index in [1.54, 1.807) is 18.5 Å². The van der Waals surface area contributed by atoms with Crippen molar-refractivity contribution in [2.45, 2.75) is 45.0 Å². The van der Waals surface area contributed by atoms with Crippen LogP contribution >= 0.6 is 0 Å². The van der Waals surface area contributed by atoms with Crippen LogP contribution in [0, 0.1) is 5.92 Å². The van der Waals surface area contributed by atoms with E-state index in [4.69, 9.17) is 0 Å². The van der Waals surface area contributed by atoms with Gasteiger partial charge in [0.2, 0.25) is 10.0 Å². The van der Waals surface area contributed by atoms with Gasteiger partial charge in [-0.15, -0.1) is 0 Å². The minimum atomic E-state index is -3.27. The Labute approximate surface area is 208 Å². The predicted octanol–water partition coefficient (Wildman–Crippen LogP) is 2.66. The Morgan fingerprint density at radius 3 is 2.37 bits per heavy atom. The molecular weight excluding hydrogens is 468 g/mol. The number of piperidine rings is 1. The molecule has 1 fully saturated rings. The van der Waals surface area contributed by atoms with E-state index in [1.807, 2.05) is 39.0 Å². The summed E-state index contributed by atoms with van der Waals surface area (Å²) in [6.07, 6.45) is 3.94. The van der Waals surface area contributed by atoms with Crippen LogP contribution in [0.5, 0.6) is 0 Å². The molecule has 35 heavy (non-hydrogen) atoms. The minimum Gasteiger partial charge on any atom is -0.462 e. The highest BCUT2D eigenvalue weighted by Gasteiger charge is 2.16. The fourth-order valence-electron chi connectivity index (χ4n) is 3.44. The van der Waals surface area contributed by atoms with Crippen LogP contribution in [0.25, 0.3) is 0 Å². The van der Waals surface area contributed by atoms with Crippen LogP contribution in [0.3, 0.4) is 0 Å². The maximum atomic E-state index is 11.6. The van der Waals surface area contributed by atoms with Crippen LogP contribution in [0.4, 0.5) is 17.3 Å². The van der Waals surface area contributed by atoms with E-state index in [0.29, 0.717) is 18.2 Å². The summed E-state index contributed by atoms with van der Waals surface area (Å²) >= 11 is 0. The third-order valence-electron chi connectivity index (χ3n) is 5.33. The summed E-state index contributed by atoms with van der Waals surface area (Å²) in [5, 5.41) is 6.65. The first kappa shape index (κ1) is 28.5. The number of nitrogens with one attached hydrogen (secondary N) is 3. The van der Waals surface area contributed by atoms with Gasteiger partial charge in [-0.3, -0.25) is 4.79 Å². The van der Waals surface area contributed by atoms with Crippen molar-refractivity contribution in [2.24, 2.45) is 5.92 Å². The molecule has 3 rings (SSSR count).